The van der Waals surface area contributed by atoms with Crippen molar-refractivity contribution in [2.24, 2.45) is 0 Å². The lowest BCUT2D eigenvalue weighted by Gasteiger charge is -2.07. The van der Waals surface area contributed by atoms with E-state index in [1.165, 1.54) is 30.7 Å². The maximum Gasteiger partial charge on any atom is 0.0151 e. The molecule has 3 rings (SSSR count). The quantitative estimate of drug-likeness (QED) is 0.530. The van der Waals surface area contributed by atoms with E-state index in [1.807, 2.05) is 23.5 Å². The van der Waals surface area contributed by atoms with Crippen molar-refractivity contribution in [3.05, 3.63) is 83.9 Å². The molecule has 0 spiro atoms. The fourth-order valence-electron chi connectivity index (χ4n) is 2.17. The van der Waals surface area contributed by atoms with Gasteiger partial charge in [-0.1, -0.05) is 59.9 Å². The Morgan fingerprint density at radius 1 is 0.500 bits per heavy atom. The van der Waals surface area contributed by atoms with E-state index in [1.54, 1.807) is 0 Å². The third kappa shape index (κ3) is 3.76. The van der Waals surface area contributed by atoms with Gasteiger partial charge in [-0.05, 0) is 61.4 Å². The van der Waals surface area contributed by atoms with Gasteiger partial charge in [0.15, 0.2) is 0 Å². The van der Waals surface area contributed by atoms with Crippen LogP contribution in [0.15, 0.2) is 92.4 Å². The van der Waals surface area contributed by atoms with Crippen LogP contribution in [0.1, 0.15) is 11.1 Å². The lowest BCUT2D eigenvalue weighted by molar-refractivity contribution is 1.27. The van der Waals surface area contributed by atoms with Crippen molar-refractivity contribution in [1.82, 2.24) is 0 Å². The van der Waals surface area contributed by atoms with Crippen LogP contribution in [-0.2, 0) is 0 Å². The summed E-state index contributed by atoms with van der Waals surface area (Å²) in [5.41, 5.74) is 2.65. The standard InChI is InChI=1S/C20H18S2/c1-15-7-3-5-9-19(15)21-17-11-13-18(14-12-17)22-20-10-6-4-8-16(20)2/h3-14H,1-2H3. The first kappa shape index (κ1) is 15.3. The monoisotopic (exact) mass is 322 g/mol. The van der Waals surface area contributed by atoms with E-state index in [9.17, 15) is 0 Å². The highest BCUT2D eigenvalue weighted by atomic mass is 32.2. The Morgan fingerprint density at radius 2 is 0.864 bits per heavy atom. The molecular weight excluding hydrogens is 304 g/mol. The predicted molar refractivity (Wildman–Crippen MR) is 97.0 cm³/mol. The number of hydrogen-bond acceptors (Lipinski definition) is 2. The van der Waals surface area contributed by atoms with Gasteiger partial charge in [0.25, 0.3) is 0 Å². The maximum absolute atomic E-state index is 2.21. The van der Waals surface area contributed by atoms with Crippen molar-refractivity contribution in [3.8, 4) is 0 Å². The van der Waals surface area contributed by atoms with Crippen LogP contribution in [0.25, 0.3) is 0 Å². The summed E-state index contributed by atoms with van der Waals surface area (Å²) in [6.45, 7) is 4.31. The Bertz CT molecular complexity index is 694. The molecule has 0 atom stereocenters. The van der Waals surface area contributed by atoms with Crippen LogP contribution in [0.3, 0.4) is 0 Å². The molecule has 0 radical (unpaired) electrons. The molecule has 0 heterocycles. The van der Waals surface area contributed by atoms with Gasteiger partial charge in [0.2, 0.25) is 0 Å². The second kappa shape index (κ2) is 7.08. The lowest BCUT2D eigenvalue weighted by Crippen LogP contribution is -1.80. The molecule has 3 aromatic carbocycles. The van der Waals surface area contributed by atoms with Crippen molar-refractivity contribution in [3.63, 3.8) is 0 Å². The van der Waals surface area contributed by atoms with E-state index in [0.717, 1.165) is 0 Å². The van der Waals surface area contributed by atoms with Gasteiger partial charge < -0.3 is 0 Å². The van der Waals surface area contributed by atoms with Crippen molar-refractivity contribution in [2.75, 3.05) is 0 Å². The molecule has 0 aliphatic heterocycles. The Hall–Kier alpha value is -1.64. The van der Waals surface area contributed by atoms with Crippen LogP contribution in [0.4, 0.5) is 0 Å². The third-order valence-electron chi connectivity index (χ3n) is 3.47. The molecule has 0 saturated carbocycles. The Labute approximate surface area is 141 Å². The smallest absolute Gasteiger partial charge is 0.0151 e. The van der Waals surface area contributed by atoms with Gasteiger partial charge in [-0.25, -0.2) is 0 Å². The van der Waals surface area contributed by atoms with Crippen LogP contribution in [0.2, 0.25) is 0 Å². The van der Waals surface area contributed by atoms with E-state index < -0.39 is 0 Å². The number of rotatable bonds is 4. The third-order valence-corrected chi connectivity index (χ3v) is 5.84. The molecule has 3 aromatic rings. The average Bonchev–Trinajstić information content (AvgIpc) is 2.54. The van der Waals surface area contributed by atoms with Gasteiger partial charge in [0, 0.05) is 19.6 Å². The molecule has 110 valence electrons. The summed E-state index contributed by atoms with van der Waals surface area (Å²) in [5, 5.41) is 0. The molecule has 22 heavy (non-hydrogen) atoms. The van der Waals surface area contributed by atoms with Crippen LogP contribution in [0.5, 0.6) is 0 Å². The Kier molecular flexibility index (Phi) is 4.91. The van der Waals surface area contributed by atoms with Crippen molar-refractivity contribution in [2.45, 2.75) is 33.4 Å². The van der Waals surface area contributed by atoms with E-state index in [4.69, 9.17) is 0 Å². The second-order valence-corrected chi connectivity index (χ2v) is 7.44. The highest BCUT2D eigenvalue weighted by Gasteiger charge is 2.03. The average molecular weight is 322 g/mol. The second-order valence-electron chi connectivity index (χ2n) is 5.21. The van der Waals surface area contributed by atoms with Gasteiger partial charge >= 0.3 is 0 Å². The van der Waals surface area contributed by atoms with E-state index >= 15 is 0 Å². The summed E-state index contributed by atoms with van der Waals surface area (Å²) >= 11 is 3.65. The Balaban J connectivity index is 1.73. The van der Waals surface area contributed by atoms with Crippen LogP contribution >= 0.6 is 23.5 Å². The minimum Gasteiger partial charge on any atom is -0.0898 e. The first-order valence-electron chi connectivity index (χ1n) is 7.29. The largest absolute Gasteiger partial charge is 0.0898 e. The van der Waals surface area contributed by atoms with Crippen molar-refractivity contribution in [1.29, 1.82) is 0 Å². The van der Waals surface area contributed by atoms with Gasteiger partial charge in [0.1, 0.15) is 0 Å². The number of benzene rings is 3. The fourth-order valence-corrected chi connectivity index (χ4v) is 3.98. The highest BCUT2D eigenvalue weighted by molar-refractivity contribution is 7.99. The SMILES string of the molecule is Cc1ccccc1Sc1ccc(Sc2ccccc2C)cc1. The normalized spacial score (nSPS) is 10.6. The minimum atomic E-state index is 1.28. The van der Waals surface area contributed by atoms with Crippen molar-refractivity contribution < 1.29 is 0 Å². The lowest BCUT2D eigenvalue weighted by atomic mass is 10.2. The summed E-state index contributed by atoms with van der Waals surface area (Å²) in [4.78, 5) is 5.20. The fraction of sp³-hybridized carbons (Fsp3) is 0.100. The summed E-state index contributed by atoms with van der Waals surface area (Å²) < 4.78 is 0. The van der Waals surface area contributed by atoms with Crippen LogP contribution in [-0.4, -0.2) is 0 Å². The molecule has 0 fully saturated rings. The predicted octanol–water partition coefficient (Wildman–Crippen LogP) is 6.61. The molecular formula is C20H18S2. The molecule has 0 saturated heterocycles. The molecule has 0 bridgehead atoms. The topological polar surface area (TPSA) is 0 Å². The van der Waals surface area contributed by atoms with Gasteiger partial charge in [-0.3, -0.25) is 0 Å². The van der Waals surface area contributed by atoms with Crippen LogP contribution < -0.4 is 0 Å². The van der Waals surface area contributed by atoms with Crippen molar-refractivity contribution >= 4 is 23.5 Å². The summed E-state index contributed by atoms with van der Waals surface area (Å²) in [5.74, 6) is 0. The molecule has 2 heteroatoms. The highest BCUT2D eigenvalue weighted by Crippen LogP contribution is 2.34. The van der Waals surface area contributed by atoms with Crippen LogP contribution in [0, 0.1) is 13.8 Å². The van der Waals surface area contributed by atoms with E-state index in [0.29, 0.717) is 0 Å². The zero-order chi connectivity index (χ0) is 15.4. The Morgan fingerprint density at radius 3 is 1.23 bits per heavy atom. The number of aryl methyl sites for hydroxylation is 2. The summed E-state index contributed by atoms with van der Waals surface area (Å²) in [7, 11) is 0. The molecule has 0 aliphatic rings. The molecule has 0 aromatic heterocycles. The molecule has 0 unspecified atom stereocenters. The first-order chi connectivity index (χ1) is 10.7. The van der Waals surface area contributed by atoms with Gasteiger partial charge in [-0.2, -0.15) is 0 Å². The molecule has 0 N–H and O–H groups in total. The zero-order valence-electron chi connectivity index (χ0n) is 12.7. The maximum atomic E-state index is 2.21. The molecule has 0 aliphatic carbocycles. The summed E-state index contributed by atoms with van der Waals surface area (Å²) in [6, 6.07) is 25.9. The minimum absolute atomic E-state index is 1.28. The van der Waals surface area contributed by atoms with E-state index in [-0.39, 0.29) is 0 Å². The first-order valence-corrected chi connectivity index (χ1v) is 8.93. The molecule has 0 nitrogen and oxygen atoms in total. The number of hydrogen-bond donors (Lipinski definition) is 0. The van der Waals surface area contributed by atoms with Gasteiger partial charge in [0.05, 0.1) is 0 Å². The summed E-state index contributed by atoms with van der Waals surface area (Å²) in [6.07, 6.45) is 0. The molecule has 0 amide bonds. The zero-order valence-corrected chi connectivity index (χ0v) is 14.4. The van der Waals surface area contributed by atoms with Gasteiger partial charge in [-0.15, -0.1) is 0 Å². The van der Waals surface area contributed by atoms with E-state index in [2.05, 4.69) is 86.6 Å².